The second-order valence-corrected chi connectivity index (χ2v) is 5.94. The molecule has 0 radical (unpaired) electrons. The van der Waals surface area contributed by atoms with Crippen molar-refractivity contribution in [3.8, 4) is 17.5 Å². The van der Waals surface area contributed by atoms with Gasteiger partial charge in [0.15, 0.2) is 22.8 Å². The molecule has 1 amide bonds. The monoisotopic (exact) mass is 397 g/mol. The Labute approximate surface area is 161 Å². The fraction of sp³-hybridized carbons (Fsp3) is 0.0526. The molecule has 0 aliphatic rings. The number of hydrogen-bond acceptors (Lipinski definition) is 5. The number of nitriles is 1. The maximum Gasteiger partial charge on any atom is 0.433 e. The van der Waals surface area contributed by atoms with Crippen molar-refractivity contribution in [2.75, 3.05) is 5.32 Å². The van der Waals surface area contributed by atoms with Gasteiger partial charge in [0.2, 0.25) is 0 Å². The summed E-state index contributed by atoms with van der Waals surface area (Å²) in [6.45, 7) is 0. The van der Waals surface area contributed by atoms with Gasteiger partial charge in [0, 0.05) is 11.8 Å². The molecule has 0 bridgehead atoms. The third kappa shape index (κ3) is 3.53. The molecule has 0 unspecified atom stereocenters. The Morgan fingerprint density at radius 3 is 2.55 bits per heavy atom. The van der Waals surface area contributed by atoms with Crippen LogP contribution in [0.25, 0.3) is 17.1 Å². The van der Waals surface area contributed by atoms with Crippen LogP contribution in [-0.4, -0.2) is 20.5 Å². The fourth-order valence-electron chi connectivity index (χ4n) is 2.66. The Morgan fingerprint density at radius 2 is 1.93 bits per heavy atom. The first-order valence-corrected chi connectivity index (χ1v) is 8.18. The van der Waals surface area contributed by atoms with E-state index in [1.54, 1.807) is 0 Å². The van der Waals surface area contributed by atoms with Gasteiger partial charge >= 0.3 is 6.18 Å². The van der Waals surface area contributed by atoms with E-state index in [-0.39, 0.29) is 22.8 Å². The highest BCUT2D eigenvalue weighted by Crippen LogP contribution is 2.32. The van der Waals surface area contributed by atoms with Gasteiger partial charge in [0.25, 0.3) is 5.91 Å². The summed E-state index contributed by atoms with van der Waals surface area (Å²) in [7, 11) is 0. The molecule has 0 aliphatic carbocycles. The topological polar surface area (TPSA) is 96.2 Å². The van der Waals surface area contributed by atoms with E-state index in [1.807, 2.05) is 6.07 Å². The Morgan fingerprint density at radius 1 is 1.17 bits per heavy atom. The van der Waals surface area contributed by atoms with Gasteiger partial charge < -0.3 is 9.73 Å². The molecule has 3 heterocycles. The van der Waals surface area contributed by atoms with E-state index < -0.39 is 17.8 Å². The number of anilines is 1. The van der Waals surface area contributed by atoms with Crippen molar-refractivity contribution in [2.45, 2.75) is 6.18 Å². The number of carbonyl (C=O) groups is 1. The minimum absolute atomic E-state index is 0.0335. The molecule has 0 saturated heterocycles. The lowest BCUT2D eigenvalue weighted by Crippen LogP contribution is -2.15. The maximum atomic E-state index is 13.5. The number of alkyl halides is 3. The van der Waals surface area contributed by atoms with Crippen LogP contribution in [0.1, 0.15) is 21.7 Å². The molecule has 7 nitrogen and oxygen atoms in total. The van der Waals surface area contributed by atoms with Crippen LogP contribution in [0.2, 0.25) is 0 Å². The van der Waals surface area contributed by atoms with Crippen molar-refractivity contribution in [1.29, 1.82) is 5.26 Å². The molecule has 3 aromatic heterocycles. The number of aromatic nitrogens is 3. The summed E-state index contributed by atoms with van der Waals surface area (Å²) in [5.74, 6) is -0.560. The van der Waals surface area contributed by atoms with E-state index in [0.29, 0.717) is 15.8 Å². The van der Waals surface area contributed by atoms with Gasteiger partial charge in [-0.25, -0.2) is 9.50 Å². The lowest BCUT2D eigenvalue weighted by atomic mass is 10.2. The first-order chi connectivity index (χ1) is 13.8. The van der Waals surface area contributed by atoms with Crippen molar-refractivity contribution in [3.63, 3.8) is 0 Å². The van der Waals surface area contributed by atoms with Crippen LogP contribution in [0, 0.1) is 11.3 Å². The first kappa shape index (κ1) is 18.2. The fourth-order valence-corrected chi connectivity index (χ4v) is 2.66. The summed E-state index contributed by atoms with van der Waals surface area (Å²) in [5.41, 5.74) is -0.758. The number of nitrogens with zero attached hydrogens (tertiary/aromatic N) is 4. The number of hydrogen-bond donors (Lipinski definition) is 1. The van der Waals surface area contributed by atoms with E-state index in [0.717, 1.165) is 12.1 Å². The second kappa shape index (κ2) is 6.79. The predicted octanol–water partition coefficient (Wildman–Crippen LogP) is 4.13. The van der Waals surface area contributed by atoms with Gasteiger partial charge in [-0.2, -0.15) is 23.5 Å². The smallest absolute Gasteiger partial charge is 0.433 e. The second-order valence-electron chi connectivity index (χ2n) is 5.94. The van der Waals surface area contributed by atoms with Crippen LogP contribution in [0.15, 0.2) is 59.2 Å². The average Bonchev–Trinajstić information content (AvgIpc) is 3.36. The summed E-state index contributed by atoms with van der Waals surface area (Å²) in [5, 5.41) is 15.1. The number of carbonyl (C=O) groups excluding carboxylic acids is 1. The number of furan rings is 1. The van der Waals surface area contributed by atoms with Crippen molar-refractivity contribution in [1.82, 2.24) is 14.6 Å². The molecule has 0 fully saturated rings. The van der Waals surface area contributed by atoms with E-state index >= 15 is 0 Å². The zero-order valence-corrected chi connectivity index (χ0v) is 14.4. The Hall–Kier alpha value is -4.13. The van der Waals surface area contributed by atoms with Crippen molar-refractivity contribution >= 4 is 17.2 Å². The standard InChI is InChI=1S/C19H10F3N5O2/c20-19(21,22)16-8-13(15-2-1-7-29-15)25-17-9-14(26-27(16)17)18(28)24-12-5-3-11(10-23)4-6-12/h1-9H,(H,24,28). The molecule has 1 N–H and O–H groups in total. The zero-order valence-electron chi connectivity index (χ0n) is 14.4. The number of fused-ring (bicyclic) bond motifs is 1. The van der Waals surface area contributed by atoms with E-state index in [9.17, 15) is 18.0 Å². The minimum Gasteiger partial charge on any atom is -0.463 e. The number of benzene rings is 1. The lowest BCUT2D eigenvalue weighted by molar-refractivity contribution is -0.142. The zero-order chi connectivity index (χ0) is 20.6. The molecule has 1 aromatic carbocycles. The maximum absolute atomic E-state index is 13.5. The Bertz CT molecular complexity index is 1240. The van der Waals surface area contributed by atoms with Gasteiger partial charge in [-0.1, -0.05) is 0 Å². The summed E-state index contributed by atoms with van der Waals surface area (Å²) < 4.78 is 46.3. The van der Waals surface area contributed by atoms with E-state index in [1.165, 1.54) is 42.7 Å². The molecule has 29 heavy (non-hydrogen) atoms. The quantitative estimate of drug-likeness (QED) is 0.561. The van der Waals surface area contributed by atoms with E-state index in [4.69, 9.17) is 9.68 Å². The Balaban J connectivity index is 1.74. The molecule has 10 heteroatoms. The summed E-state index contributed by atoms with van der Waals surface area (Å²) >= 11 is 0. The van der Waals surface area contributed by atoms with Crippen molar-refractivity contribution < 1.29 is 22.4 Å². The normalized spacial score (nSPS) is 11.4. The van der Waals surface area contributed by atoms with Gasteiger partial charge in [-0.05, 0) is 42.5 Å². The number of rotatable bonds is 3. The molecule has 0 saturated carbocycles. The molecule has 4 rings (SSSR count). The van der Waals surface area contributed by atoms with Gasteiger partial charge in [-0.3, -0.25) is 4.79 Å². The molecule has 0 spiro atoms. The lowest BCUT2D eigenvalue weighted by Gasteiger charge is -2.09. The van der Waals surface area contributed by atoms with Crippen molar-refractivity contribution in [2.24, 2.45) is 0 Å². The average molecular weight is 397 g/mol. The van der Waals surface area contributed by atoms with Crippen LogP contribution < -0.4 is 5.32 Å². The SMILES string of the molecule is N#Cc1ccc(NC(=O)c2cc3nc(-c4ccco4)cc(C(F)(F)F)n3n2)cc1. The van der Waals surface area contributed by atoms with Crippen LogP contribution >= 0.6 is 0 Å². The van der Waals surface area contributed by atoms with Crippen LogP contribution in [0.3, 0.4) is 0 Å². The molecular weight excluding hydrogens is 387 g/mol. The van der Waals surface area contributed by atoms with Gasteiger partial charge in [-0.15, -0.1) is 0 Å². The molecular formula is C19H10F3N5O2. The van der Waals surface area contributed by atoms with Gasteiger partial charge in [0.1, 0.15) is 5.69 Å². The number of halogens is 3. The molecule has 0 aliphatic heterocycles. The van der Waals surface area contributed by atoms with E-state index in [2.05, 4.69) is 15.4 Å². The number of nitrogens with one attached hydrogen (secondary N) is 1. The molecule has 4 aromatic rings. The predicted molar refractivity (Wildman–Crippen MR) is 94.8 cm³/mol. The first-order valence-electron chi connectivity index (χ1n) is 8.18. The number of amides is 1. The molecule has 0 atom stereocenters. The summed E-state index contributed by atoms with van der Waals surface area (Å²) in [6, 6.07) is 12.9. The van der Waals surface area contributed by atoms with Crippen molar-refractivity contribution in [3.05, 3.63) is 71.7 Å². The van der Waals surface area contributed by atoms with Crippen LogP contribution in [0.4, 0.5) is 18.9 Å². The molecule has 144 valence electrons. The van der Waals surface area contributed by atoms with Crippen LogP contribution in [0.5, 0.6) is 0 Å². The minimum atomic E-state index is -4.73. The summed E-state index contributed by atoms with van der Waals surface area (Å²) in [6.07, 6.45) is -3.41. The third-order valence-electron chi connectivity index (χ3n) is 4.00. The highest BCUT2D eigenvalue weighted by molar-refractivity contribution is 6.03. The van der Waals surface area contributed by atoms with Crippen LogP contribution in [-0.2, 0) is 6.18 Å². The summed E-state index contributed by atoms with van der Waals surface area (Å²) in [4.78, 5) is 16.5. The highest BCUT2D eigenvalue weighted by Gasteiger charge is 2.36. The Kier molecular flexibility index (Phi) is 4.27. The van der Waals surface area contributed by atoms with Gasteiger partial charge in [0.05, 0.1) is 17.9 Å². The third-order valence-corrected chi connectivity index (χ3v) is 4.00. The largest absolute Gasteiger partial charge is 0.463 e. The highest BCUT2D eigenvalue weighted by atomic mass is 19.4.